The number of hydrogen-bond acceptors (Lipinski definition) is 4. The number of rotatable bonds is 4. The summed E-state index contributed by atoms with van der Waals surface area (Å²) in [4.78, 5) is 13.7. The minimum Gasteiger partial charge on any atom is -0.379 e. The van der Waals surface area contributed by atoms with Crippen LogP contribution in [-0.4, -0.2) is 55.2 Å². The molecule has 15 heavy (non-hydrogen) atoms. The monoisotopic (exact) mass is 215 g/mol. The maximum Gasteiger partial charge on any atom is 0.239 e. The molecule has 5 heteroatoms. The number of hydrogen-bond donors (Lipinski definition) is 1. The summed E-state index contributed by atoms with van der Waals surface area (Å²) in [5.41, 5.74) is 0. The van der Waals surface area contributed by atoms with E-state index in [2.05, 4.69) is 4.90 Å². The number of amides is 1. The van der Waals surface area contributed by atoms with Crippen molar-refractivity contribution < 1.29 is 9.53 Å². The molecule has 0 radical (unpaired) electrons. The van der Waals surface area contributed by atoms with Gasteiger partial charge in [0, 0.05) is 32.1 Å². The van der Waals surface area contributed by atoms with Crippen molar-refractivity contribution in [1.29, 1.82) is 0 Å². The van der Waals surface area contributed by atoms with E-state index in [0.717, 1.165) is 32.8 Å². The topological polar surface area (TPSA) is 58.8 Å². The number of ether oxygens (including phenoxy) is 1. The second kappa shape index (κ2) is 6.05. The summed E-state index contributed by atoms with van der Waals surface area (Å²) in [6, 6.07) is 0. The molecule has 1 heterocycles. The normalized spacial score (nSPS) is 18.1. The van der Waals surface area contributed by atoms with E-state index < -0.39 is 0 Å². The molecule has 2 N–H and O–H groups in total. The first-order chi connectivity index (χ1) is 7.11. The number of nitrogens with two attached hydrogens (primary N) is 1. The molecule has 0 aromatic rings. The van der Waals surface area contributed by atoms with Gasteiger partial charge in [-0.1, -0.05) is 13.8 Å². The maximum absolute atomic E-state index is 11.5. The van der Waals surface area contributed by atoms with Gasteiger partial charge < -0.3 is 4.74 Å². The smallest absolute Gasteiger partial charge is 0.239 e. The van der Waals surface area contributed by atoms with Crippen LogP contribution in [0.4, 0.5) is 0 Å². The highest BCUT2D eigenvalue weighted by atomic mass is 16.5. The van der Waals surface area contributed by atoms with E-state index in [1.165, 1.54) is 5.01 Å². The van der Waals surface area contributed by atoms with Crippen LogP contribution in [0.1, 0.15) is 13.8 Å². The van der Waals surface area contributed by atoms with Gasteiger partial charge in [0.15, 0.2) is 0 Å². The number of nitrogens with zero attached hydrogens (tertiary/aromatic N) is 2. The molecule has 0 saturated carbocycles. The average molecular weight is 215 g/mol. The van der Waals surface area contributed by atoms with Crippen LogP contribution in [0.25, 0.3) is 0 Å². The zero-order chi connectivity index (χ0) is 11.3. The lowest BCUT2D eigenvalue weighted by Gasteiger charge is -2.28. The van der Waals surface area contributed by atoms with Crippen molar-refractivity contribution in [3.8, 4) is 0 Å². The van der Waals surface area contributed by atoms with Crippen LogP contribution in [-0.2, 0) is 9.53 Å². The fourth-order valence-electron chi connectivity index (χ4n) is 1.52. The Bertz CT molecular complexity index is 203. The largest absolute Gasteiger partial charge is 0.379 e. The molecule has 0 aliphatic carbocycles. The third kappa shape index (κ3) is 4.15. The van der Waals surface area contributed by atoms with Gasteiger partial charge in [0.25, 0.3) is 0 Å². The Morgan fingerprint density at radius 3 is 2.60 bits per heavy atom. The van der Waals surface area contributed by atoms with Gasteiger partial charge in [0.2, 0.25) is 5.91 Å². The molecular formula is C10H21N3O2. The molecule has 1 saturated heterocycles. The average Bonchev–Trinajstić information content (AvgIpc) is 2.26. The predicted molar refractivity (Wildman–Crippen MR) is 58.0 cm³/mol. The van der Waals surface area contributed by atoms with Gasteiger partial charge in [0.1, 0.15) is 0 Å². The van der Waals surface area contributed by atoms with Crippen molar-refractivity contribution in [3.05, 3.63) is 0 Å². The number of hydrazine groups is 1. The highest BCUT2D eigenvalue weighted by Gasteiger charge is 2.15. The van der Waals surface area contributed by atoms with E-state index in [0.29, 0.717) is 6.54 Å². The van der Waals surface area contributed by atoms with Gasteiger partial charge in [0.05, 0.1) is 13.2 Å². The lowest BCUT2D eigenvalue weighted by molar-refractivity contribution is -0.135. The van der Waals surface area contributed by atoms with E-state index >= 15 is 0 Å². The van der Waals surface area contributed by atoms with E-state index in [1.54, 1.807) is 0 Å². The van der Waals surface area contributed by atoms with Gasteiger partial charge in [-0.25, -0.2) is 5.84 Å². The Hall–Kier alpha value is -0.650. The van der Waals surface area contributed by atoms with Crippen LogP contribution >= 0.6 is 0 Å². The number of morpholine rings is 1. The third-order valence-electron chi connectivity index (χ3n) is 2.54. The minimum absolute atomic E-state index is 0.00302. The van der Waals surface area contributed by atoms with Crippen molar-refractivity contribution >= 4 is 5.91 Å². The molecule has 1 rings (SSSR count). The van der Waals surface area contributed by atoms with Gasteiger partial charge in [-0.05, 0) is 0 Å². The van der Waals surface area contributed by atoms with Crippen molar-refractivity contribution in [2.45, 2.75) is 13.8 Å². The van der Waals surface area contributed by atoms with Crippen LogP contribution in [0, 0.1) is 5.92 Å². The predicted octanol–water partition coefficient (Wildman–Crippen LogP) is -0.323. The van der Waals surface area contributed by atoms with Crippen molar-refractivity contribution in [2.75, 3.05) is 39.4 Å². The molecule has 1 fully saturated rings. The second-order valence-corrected chi connectivity index (χ2v) is 4.14. The first-order valence-electron chi connectivity index (χ1n) is 5.47. The summed E-state index contributed by atoms with van der Waals surface area (Å²) in [5, 5.41) is 1.32. The van der Waals surface area contributed by atoms with Crippen LogP contribution in [0.2, 0.25) is 0 Å². The highest BCUT2D eigenvalue weighted by Crippen LogP contribution is 1.99. The molecule has 0 aromatic carbocycles. The molecule has 1 aliphatic rings. The van der Waals surface area contributed by atoms with Crippen LogP contribution < -0.4 is 5.84 Å². The lowest BCUT2D eigenvalue weighted by atomic mass is 10.2. The lowest BCUT2D eigenvalue weighted by Crippen LogP contribution is -2.47. The Balaban J connectivity index is 2.20. The molecule has 1 amide bonds. The molecule has 0 aromatic heterocycles. The van der Waals surface area contributed by atoms with Crippen LogP contribution in [0.15, 0.2) is 0 Å². The molecule has 88 valence electrons. The molecule has 0 spiro atoms. The quantitative estimate of drug-likeness (QED) is 0.396. The summed E-state index contributed by atoms with van der Waals surface area (Å²) in [6.07, 6.45) is 0. The van der Waals surface area contributed by atoms with Crippen molar-refractivity contribution in [3.63, 3.8) is 0 Å². The van der Waals surface area contributed by atoms with Crippen molar-refractivity contribution in [2.24, 2.45) is 11.8 Å². The zero-order valence-corrected chi connectivity index (χ0v) is 9.61. The maximum atomic E-state index is 11.5. The molecule has 0 bridgehead atoms. The van der Waals surface area contributed by atoms with Gasteiger partial charge in [-0.2, -0.15) is 0 Å². The Kier molecular flexibility index (Phi) is 5.01. The number of carbonyl (C=O) groups is 1. The molecular weight excluding hydrogens is 194 g/mol. The van der Waals surface area contributed by atoms with Gasteiger partial charge >= 0.3 is 0 Å². The van der Waals surface area contributed by atoms with Gasteiger partial charge in [-0.15, -0.1) is 0 Å². The minimum atomic E-state index is -0.0281. The Morgan fingerprint density at radius 1 is 1.47 bits per heavy atom. The van der Waals surface area contributed by atoms with E-state index in [1.807, 2.05) is 13.8 Å². The standard InChI is InChI=1S/C10H21N3O2/c1-9(2)10(14)13(11)4-3-12-5-7-15-8-6-12/h9H,3-8,11H2,1-2H3. The first kappa shape index (κ1) is 12.4. The summed E-state index contributed by atoms with van der Waals surface area (Å²) in [5.74, 6) is 5.64. The molecule has 1 aliphatic heterocycles. The van der Waals surface area contributed by atoms with E-state index in [-0.39, 0.29) is 11.8 Å². The fraction of sp³-hybridized carbons (Fsp3) is 0.900. The zero-order valence-electron chi connectivity index (χ0n) is 9.61. The molecule has 0 unspecified atom stereocenters. The fourth-order valence-corrected chi connectivity index (χ4v) is 1.52. The summed E-state index contributed by atoms with van der Waals surface area (Å²) >= 11 is 0. The Labute approximate surface area is 91.1 Å². The second-order valence-electron chi connectivity index (χ2n) is 4.14. The molecule has 0 atom stereocenters. The highest BCUT2D eigenvalue weighted by molar-refractivity contribution is 5.77. The molecule has 5 nitrogen and oxygen atoms in total. The van der Waals surface area contributed by atoms with Gasteiger partial charge in [-0.3, -0.25) is 14.7 Å². The summed E-state index contributed by atoms with van der Waals surface area (Å²) < 4.78 is 5.24. The summed E-state index contributed by atoms with van der Waals surface area (Å²) in [6.45, 7) is 8.57. The van der Waals surface area contributed by atoms with E-state index in [9.17, 15) is 4.79 Å². The van der Waals surface area contributed by atoms with Crippen LogP contribution in [0.3, 0.4) is 0 Å². The van der Waals surface area contributed by atoms with Crippen molar-refractivity contribution in [1.82, 2.24) is 9.91 Å². The SMILES string of the molecule is CC(C)C(=O)N(N)CCN1CCOCC1. The first-order valence-corrected chi connectivity index (χ1v) is 5.47. The summed E-state index contributed by atoms with van der Waals surface area (Å²) in [7, 11) is 0. The number of carbonyl (C=O) groups excluding carboxylic acids is 1. The third-order valence-corrected chi connectivity index (χ3v) is 2.54. The van der Waals surface area contributed by atoms with Crippen LogP contribution in [0.5, 0.6) is 0 Å². The van der Waals surface area contributed by atoms with E-state index in [4.69, 9.17) is 10.6 Å². The Morgan fingerprint density at radius 2 is 2.07 bits per heavy atom.